The Kier molecular flexibility index (Phi) is 3.55. The Hall–Kier alpha value is -1.90. The van der Waals surface area contributed by atoms with Crippen LogP contribution in [0.3, 0.4) is 0 Å². The zero-order valence-corrected chi connectivity index (χ0v) is 11.5. The van der Waals surface area contributed by atoms with Crippen molar-refractivity contribution >= 4 is 21.9 Å². The highest BCUT2D eigenvalue weighted by molar-refractivity contribution is 9.10. The lowest BCUT2D eigenvalue weighted by atomic mass is 10.2. The van der Waals surface area contributed by atoms with Crippen molar-refractivity contribution in [1.82, 2.24) is 14.8 Å². The van der Waals surface area contributed by atoms with Crippen LogP contribution in [0.2, 0.25) is 0 Å². The number of carboxylic acid groups (broad SMARTS) is 1. The van der Waals surface area contributed by atoms with E-state index in [-0.39, 0.29) is 16.0 Å². The third-order valence-electron chi connectivity index (χ3n) is 2.41. The molecule has 0 amide bonds. The van der Waals surface area contributed by atoms with Crippen molar-refractivity contribution in [3.63, 3.8) is 0 Å². The second-order valence-electron chi connectivity index (χ2n) is 3.90. The van der Waals surface area contributed by atoms with E-state index in [0.717, 1.165) is 16.8 Å². The van der Waals surface area contributed by atoms with Gasteiger partial charge in [-0.05, 0) is 25.1 Å². The molecule has 106 valence electrons. The van der Waals surface area contributed by atoms with Gasteiger partial charge in [0.05, 0.1) is 11.3 Å². The van der Waals surface area contributed by atoms with Gasteiger partial charge >= 0.3 is 12.1 Å². The quantitative estimate of drug-likeness (QED) is 0.904. The molecule has 0 saturated heterocycles. The molecule has 0 saturated carbocycles. The summed E-state index contributed by atoms with van der Waals surface area (Å²) in [5.74, 6) is -1.65. The maximum atomic E-state index is 12.7. The van der Waals surface area contributed by atoms with Gasteiger partial charge in [0.25, 0.3) is 5.82 Å². The number of alkyl halides is 3. The summed E-state index contributed by atoms with van der Waals surface area (Å²) in [6, 6.07) is 3.19. The summed E-state index contributed by atoms with van der Waals surface area (Å²) in [6.45, 7) is 1.45. The van der Waals surface area contributed by atoms with Gasteiger partial charge in [-0.1, -0.05) is 15.9 Å². The summed E-state index contributed by atoms with van der Waals surface area (Å²) in [4.78, 5) is 14.4. The Morgan fingerprint density at radius 2 is 2.00 bits per heavy atom. The number of halogens is 4. The van der Waals surface area contributed by atoms with Gasteiger partial charge in [0.15, 0.2) is 0 Å². The van der Waals surface area contributed by atoms with Crippen LogP contribution in [0.25, 0.3) is 5.69 Å². The van der Waals surface area contributed by atoms with Crippen LogP contribution in [0, 0.1) is 6.92 Å². The van der Waals surface area contributed by atoms with Crippen LogP contribution in [0.5, 0.6) is 0 Å². The van der Waals surface area contributed by atoms with Crippen LogP contribution in [0.1, 0.15) is 22.0 Å². The highest BCUT2D eigenvalue weighted by Gasteiger charge is 2.31. The number of hydrogen-bond donors (Lipinski definition) is 1. The van der Waals surface area contributed by atoms with Crippen LogP contribution in [0.4, 0.5) is 13.2 Å². The number of nitrogens with zero attached hydrogens (tertiary/aromatic N) is 3. The molecular formula is C11H7BrF3N3O2. The van der Waals surface area contributed by atoms with Gasteiger partial charge in [-0.3, -0.25) is 0 Å². The SMILES string of the molecule is Cc1nc(C(=O)O)nn1-c1cc(Br)cc(C(F)(F)F)c1. The number of benzene rings is 1. The predicted octanol–water partition coefficient (Wildman–Crippen LogP) is 3.06. The first-order valence-corrected chi connectivity index (χ1v) is 6.03. The molecule has 1 N–H and O–H groups in total. The van der Waals surface area contributed by atoms with Crippen LogP contribution < -0.4 is 0 Å². The maximum Gasteiger partial charge on any atom is 0.416 e. The molecule has 9 heteroatoms. The second-order valence-corrected chi connectivity index (χ2v) is 4.81. The summed E-state index contributed by atoms with van der Waals surface area (Å²) >= 11 is 2.99. The number of aromatic carboxylic acids is 1. The number of aromatic nitrogens is 3. The number of rotatable bonds is 2. The lowest BCUT2D eigenvalue weighted by molar-refractivity contribution is -0.137. The predicted molar refractivity (Wildman–Crippen MR) is 65.8 cm³/mol. The lowest BCUT2D eigenvalue weighted by Crippen LogP contribution is -2.08. The maximum absolute atomic E-state index is 12.7. The van der Waals surface area contributed by atoms with E-state index in [1.807, 2.05) is 0 Å². The van der Waals surface area contributed by atoms with Crippen LogP contribution in [-0.2, 0) is 6.18 Å². The van der Waals surface area contributed by atoms with Crippen molar-refractivity contribution < 1.29 is 23.1 Å². The fourth-order valence-electron chi connectivity index (χ4n) is 1.59. The third kappa shape index (κ3) is 2.82. The molecule has 5 nitrogen and oxygen atoms in total. The number of carboxylic acids is 1. The van der Waals surface area contributed by atoms with Crippen molar-refractivity contribution in [2.75, 3.05) is 0 Å². The van der Waals surface area contributed by atoms with E-state index >= 15 is 0 Å². The zero-order valence-electron chi connectivity index (χ0n) is 9.94. The zero-order chi connectivity index (χ0) is 15.1. The molecule has 0 aliphatic carbocycles. The van der Waals surface area contributed by atoms with E-state index in [1.165, 1.54) is 13.0 Å². The van der Waals surface area contributed by atoms with Crippen molar-refractivity contribution in [2.45, 2.75) is 13.1 Å². The van der Waals surface area contributed by atoms with Gasteiger partial charge in [-0.15, -0.1) is 5.10 Å². The first-order chi connectivity index (χ1) is 9.18. The minimum absolute atomic E-state index is 0.0733. The van der Waals surface area contributed by atoms with Crippen LogP contribution >= 0.6 is 15.9 Å². The molecule has 1 aromatic heterocycles. The monoisotopic (exact) mass is 349 g/mol. The molecule has 1 heterocycles. The highest BCUT2D eigenvalue weighted by Crippen LogP contribution is 2.32. The van der Waals surface area contributed by atoms with Crippen molar-refractivity contribution in [2.24, 2.45) is 0 Å². The average Bonchev–Trinajstić information content (AvgIpc) is 2.69. The first kappa shape index (κ1) is 14.5. The van der Waals surface area contributed by atoms with E-state index in [1.54, 1.807) is 0 Å². The summed E-state index contributed by atoms with van der Waals surface area (Å²) in [5, 5.41) is 12.4. The standard InChI is InChI=1S/C11H7BrF3N3O2/c1-5-16-9(10(19)20)17-18(5)8-3-6(11(13,14)15)2-7(12)4-8/h2-4H,1H3,(H,19,20). The second kappa shape index (κ2) is 4.89. The minimum atomic E-state index is -4.51. The Labute approximate surface area is 119 Å². The Morgan fingerprint density at radius 1 is 1.35 bits per heavy atom. The third-order valence-corrected chi connectivity index (χ3v) is 2.87. The summed E-state index contributed by atoms with van der Waals surface area (Å²) in [7, 11) is 0. The number of aryl methyl sites for hydroxylation is 1. The molecule has 0 radical (unpaired) electrons. The van der Waals surface area contributed by atoms with Gasteiger partial charge in [-0.25, -0.2) is 14.5 Å². The molecule has 2 aromatic rings. The van der Waals surface area contributed by atoms with E-state index in [0.29, 0.717) is 0 Å². The van der Waals surface area contributed by atoms with Gasteiger partial charge in [-0.2, -0.15) is 13.2 Å². The molecular weight excluding hydrogens is 343 g/mol. The Balaban J connectivity index is 2.58. The highest BCUT2D eigenvalue weighted by atomic mass is 79.9. The molecule has 0 unspecified atom stereocenters. The molecule has 2 rings (SSSR count). The number of carbonyl (C=O) groups is 1. The van der Waals surface area contributed by atoms with Gasteiger partial charge in [0.2, 0.25) is 0 Å². The summed E-state index contributed by atoms with van der Waals surface area (Å²) in [5.41, 5.74) is -0.794. The fourth-order valence-corrected chi connectivity index (χ4v) is 2.07. The van der Waals surface area contributed by atoms with Crippen molar-refractivity contribution in [3.8, 4) is 5.69 Å². The molecule has 0 spiro atoms. The van der Waals surface area contributed by atoms with Gasteiger partial charge < -0.3 is 5.11 Å². The normalized spacial score (nSPS) is 11.7. The largest absolute Gasteiger partial charge is 0.475 e. The van der Waals surface area contributed by atoms with Gasteiger partial charge in [0.1, 0.15) is 5.82 Å². The van der Waals surface area contributed by atoms with E-state index in [9.17, 15) is 18.0 Å². The number of hydrogen-bond acceptors (Lipinski definition) is 3. The fraction of sp³-hybridized carbons (Fsp3) is 0.182. The van der Waals surface area contributed by atoms with Gasteiger partial charge in [0, 0.05) is 4.47 Å². The molecule has 1 aromatic carbocycles. The first-order valence-electron chi connectivity index (χ1n) is 5.23. The Morgan fingerprint density at radius 3 is 2.50 bits per heavy atom. The van der Waals surface area contributed by atoms with E-state index in [2.05, 4.69) is 26.0 Å². The van der Waals surface area contributed by atoms with Crippen molar-refractivity contribution in [1.29, 1.82) is 0 Å². The molecule has 0 aliphatic heterocycles. The smallest absolute Gasteiger partial charge is 0.416 e. The molecule has 0 bridgehead atoms. The lowest BCUT2D eigenvalue weighted by Gasteiger charge is -2.10. The summed E-state index contributed by atoms with van der Waals surface area (Å²) in [6.07, 6.45) is -4.51. The molecule has 0 aliphatic rings. The molecule has 20 heavy (non-hydrogen) atoms. The van der Waals surface area contributed by atoms with Crippen LogP contribution in [-0.4, -0.2) is 25.8 Å². The molecule has 0 fully saturated rings. The van der Waals surface area contributed by atoms with E-state index in [4.69, 9.17) is 5.11 Å². The topological polar surface area (TPSA) is 68.0 Å². The molecule has 0 atom stereocenters. The minimum Gasteiger partial charge on any atom is -0.475 e. The summed E-state index contributed by atoms with van der Waals surface area (Å²) < 4.78 is 39.5. The van der Waals surface area contributed by atoms with Crippen LogP contribution in [0.15, 0.2) is 22.7 Å². The van der Waals surface area contributed by atoms with E-state index < -0.39 is 23.5 Å². The average molecular weight is 350 g/mol. The van der Waals surface area contributed by atoms with Crippen molar-refractivity contribution in [3.05, 3.63) is 39.9 Å². The Bertz CT molecular complexity index is 682.